The number of benzene rings is 2. The highest BCUT2D eigenvalue weighted by Crippen LogP contribution is 2.30. The number of hydrogen-bond donors (Lipinski definition) is 1. The Labute approximate surface area is 194 Å². The van der Waals surface area contributed by atoms with E-state index in [1.165, 1.54) is 30.2 Å². The van der Waals surface area contributed by atoms with Crippen molar-refractivity contribution < 1.29 is 23.8 Å². The molecule has 4 rings (SSSR count). The number of esters is 1. The van der Waals surface area contributed by atoms with Crippen molar-refractivity contribution in [2.45, 2.75) is 0 Å². The number of anilines is 1. The average Bonchev–Trinajstić information content (AvgIpc) is 3.53. The zero-order valence-electron chi connectivity index (χ0n) is 18.0. The molecule has 2 aromatic carbocycles. The molecule has 0 saturated carbocycles. The van der Waals surface area contributed by atoms with Gasteiger partial charge in [0.05, 0.1) is 24.8 Å². The lowest BCUT2D eigenvalue weighted by atomic mass is 10.2. The molecule has 1 N–H and O–H groups in total. The molecule has 168 valence electrons. The summed E-state index contributed by atoms with van der Waals surface area (Å²) in [6.45, 7) is -0.457. The lowest BCUT2D eigenvalue weighted by molar-refractivity contribution is -0.119. The van der Waals surface area contributed by atoms with E-state index in [9.17, 15) is 9.59 Å². The van der Waals surface area contributed by atoms with E-state index in [-0.39, 0.29) is 5.69 Å². The van der Waals surface area contributed by atoms with Crippen molar-refractivity contribution in [2.75, 3.05) is 26.1 Å². The van der Waals surface area contributed by atoms with E-state index < -0.39 is 18.5 Å². The minimum Gasteiger partial charge on any atom is -0.493 e. The molecule has 2 aromatic heterocycles. The lowest BCUT2D eigenvalue weighted by Crippen LogP contribution is -2.22. The summed E-state index contributed by atoms with van der Waals surface area (Å²) in [7, 11) is 3.03. The molecule has 0 unspecified atom stereocenters. The minimum atomic E-state index is -0.656. The van der Waals surface area contributed by atoms with Crippen LogP contribution in [0.15, 0.2) is 72.1 Å². The van der Waals surface area contributed by atoms with Crippen molar-refractivity contribution in [3.05, 3.63) is 77.8 Å². The van der Waals surface area contributed by atoms with Gasteiger partial charge in [0.1, 0.15) is 5.69 Å². The van der Waals surface area contributed by atoms with E-state index in [1.54, 1.807) is 24.3 Å². The quantitative estimate of drug-likeness (QED) is 0.389. The second-order valence-corrected chi connectivity index (χ2v) is 7.78. The Morgan fingerprint density at radius 3 is 2.45 bits per heavy atom. The maximum Gasteiger partial charge on any atom is 0.357 e. The van der Waals surface area contributed by atoms with Crippen molar-refractivity contribution in [3.8, 4) is 27.8 Å². The number of aromatic nitrogens is 2. The van der Waals surface area contributed by atoms with Crippen LogP contribution in [0, 0.1) is 0 Å². The predicted octanol–water partition coefficient (Wildman–Crippen LogP) is 4.41. The number of nitrogens with zero attached hydrogens (tertiary/aromatic N) is 2. The van der Waals surface area contributed by atoms with Crippen LogP contribution in [-0.4, -0.2) is 42.5 Å². The summed E-state index contributed by atoms with van der Waals surface area (Å²) in [5.41, 5.74) is 2.07. The first-order valence-corrected chi connectivity index (χ1v) is 10.9. The lowest BCUT2D eigenvalue weighted by Gasteiger charge is -2.11. The standard InChI is InChI=1S/C24H21N3O5S/c1-30-20-11-10-16(13-21(20)31-2)25-23(28)15-32-24(29)19-14-18(22-9-6-12-33-22)26-27(19)17-7-4-3-5-8-17/h3-14H,15H2,1-2H3,(H,25,28). The van der Waals surface area contributed by atoms with Crippen LogP contribution in [0.1, 0.15) is 10.5 Å². The Kier molecular flexibility index (Phi) is 6.70. The normalized spacial score (nSPS) is 10.5. The molecule has 4 aromatic rings. The first kappa shape index (κ1) is 22.1. The van der Waals surface area contributed by atoms with Crippen LogP contribution in [0.25, 0.3) is 16.3 Å². The van der Waals surface area contributed by atoms with E-state index in [2.05, 4.69) is 10.4 Å². The van der Waals surface area contributed by atoms with Gasteiger partial charge in [0.25, 0.3) is 5.91 Å². The zero-order chi connectivity index (χ0) is 23.2. The Bertz CT molecular complexity index is 1250. The van der Waals surface area contributed by atoms with Gasteiger partial charge in [-0.25, -0.2) is 9.48 Å². The van der Waals surface area contributed by atoms with Gasteiger partial charge in [0.15, 0.2) is 23.8 Å². The number of thiophene rings is 1. The fourth-order valence-electron chi connectivity index (χ4n) is 3.15. The molecule has 0 spiro atoms. The largest absolute Gasteiger partial charge is 0.493 e. The van der Waals surface area contributed by atoms with E-state index in [0.717, 1.165) is 4.88 Å². The summed E-state index contributed by atoms with van der Waals surface area (Å²) in [6, 6.07) is 19.7. The summed E-state index contributed by atoms with van der Waals surface area (Å²) in [5.74, 6) is -0.130. The van der Waals surface area contributed by atoms with Crippen molar-refractivity contribution in [1.82, 2.24) is 9.78 Å². The highest BCUT2D eigenvalue weighted by atomic mass is 32.1. The van der Waals surface area contributed by atoms with Gasteiger partial charge in [-0.2, -0.15) is 5.10 Å². The van der Waals surface area contributed by atoms with Crippen molar-refractivity contribution >= 4 is 28.9 Å². The molecule has 0 saturated heterocycles. The number of nitrogens with one attached hydrogen (secondary N) is 1. The molecule has 1 amide bonds. The fourth-order valence-corrected chi connectivity index (χ4v) is 3.83. The second kappa shape index (κ2) is 10.0. The molecular weight excluding hydrogens is 442 g/mol. The molecule has 0 bridgehead atoms. The molecule has 0 aliphatic rings. The van der Waals surface area contributed by atoms with Crippen molar-refractivity contribution in [1.29, 1.82) is 0 Å². The summed E-state index contributed by atoms with van der Waals surface area (Å²) in [6.07, 6.45) is 0. The van der Waals surface area contributed by atoms with Crippen molar-refractivity contribution in [2.24, 2.45) is 0 Å². The third-order valence-corrected chi connectivity index (χ3v) is 5.59. The van der Waals surface area contributed by atoms with Crippen LogP contribution in [0.2, 0.25) is 0 Å². The Balaban J connectivity index is 1.48. The van der Waals surface area contributed by atoms with Gasteiger partial charge in [-0.05, 0) is 35.7 Å². The maximum absolute atomic E-state index is 12.9. The maximum atomic E-state index is 12.9. The van der Waals surface area contributed by atoms with E-state index >= 15 is 0 Å². The molecule has 2 heterocycles. The van der Waals surface area contributed by atoms with E-state index in [0.29, 0.717) is 28.6 Å². The third kappa shape index (κ3) is 5.04. The van der Waals surface area contributed by atoms with Crippen LogP contribution in [-0.2, 0) is 9.53 Å². The van der Waals surface area contributed by atoms with Crippen LogP contribution < -0.4 is 14.8 Å². The number of hydrogen-bond acceptors (Lipinski definition) is 7. The molecule has 0 aliphatic carbocycles. The average molecular weight is 464 g/mol. The minimum absolute atomic E-state index is 0.225. The van der Waals surface area contributed by atoms with E-state index in [1.807, 2.05) is 47.8 Å². The van der Waals surface area contributed by atoms with Gasteiger partial charge < -0.3 is 19.5 Å². The summed E-state index contributed by atoms with van der Waals surface area (Å²) < 4.78 is 17.2. The molecule has 0 atom stereocenters. The Morgan fingerprint density at radius 2 is 1.76 bits per heavy atom. The summed E-state index contributed by atoms with van der Waals surface area (Å²) in [4.78, 5) is 26.2. The van der Waals surface area contributed by atoms with Gasteiger partial charge in [-0.3, -0.25) is 4.79 Å². The monoisotopic (exact) mass is 463 g/mol. The molecule has 0 radical (unpaired) electrons. The van der Waals surface area contributed by atoms with Crippen LogP contribution in [0.3, 0.4) is 0 Å². The topological polar surface area (TPSA) is 91.7 Å². The van der Waals surface area contributed by atoms with Gasteiger partial charge in [-0.1, -0.05) is 24.3 Å². The predicted molar refractivity (Wildman–Crippen MR) is 125 cm³/mol. The number of methoxy groups -OCH3 is 2. The van der Waals surface area contributed by atoms with Gasteiger partial charge in [0, 0.05) is 17.8 Å². The number of ether oxygens (including phenoxy) is 3. The number of para-hydroxylation sites is 1. The second-order valence-electron chi connectivity index (χ2n) is 6.83. The molecule has 0 aliphatic heterocycles. The smallest absolute Gasteiger partial charge is 0.357 e. The SMILES string of the molecule is COc1ccc(NC(=O)COC(=O)c2cc(-c3cccs3)nn2-c2ccccc2)cc1OC. The first-order chi connectivity index (χ1) is 16.1. The highest BCUT2D eigenvalue weighted by Gasteiger charge is 2.20. The Morgan fingerprint density at radius 1 is 0.970 bits per heavy atom. The van der Waals surface area contributed by atoms with Gasteiger partial charge in [0.2, 0.25) is 0 Å². The van der Waals surface area contributed by atoms with Crippen LogP contribution >= 0.6 is 11.3 Å². The molecule has 0 fully saturated rings. The number of rotatable bonds is 8. The first-order valence-electron chi connectivity index (χ1n) is 9.97. The fraction of sp³-hybridized carbons (Fsp3) is 0.125. The third-order valence-electron chi connectivity index (χ3n) is 4.69. The van der Waals surface area contributed by atoms with Gasteiger partial charge >= 0.3 is 5.97 Å². The number of amides is 1. The van der Waals surface area contributed by atoms with Crippen LogP contribution in [0.5, 0.6) is 11.5 Å². The molecular formula is C24H21N3O5S. The van der Waals surface area contributed by atoms with E-state index in [4.69, 9.17) is 14.2 Å². The highest BCUT2D eigenvalue weighted by molar-refractivity contribution is 7.13. The molecule has 9 heteroatoms. The van der Waals surface area contributed by atoms with Crippen LogP contribution in [0.4, 0.5) is 5.69 Å². The number of carbonyl (C=O) groups excluding carboxylic acids is 2. The molecule has 33 heavy (non-hydrogen) atoms. The summed E-state index contributed by atoms with van der Waals surface area (Å²) in [5, 5.41) is 9.19. The Hall–Kier alpha value is -4.11. The van der Waals surface area contributed by atoms with Gasteiger partial charge in [-0.15, -0.1) is 11.3 Å². The van der Waals surface area contributed by atoms with Crippen molar-refractivity contribution in [3.63, 3.8) is 0 Å². The molecule has 8 nitrogen and oxygen atoms in total. The number of carbonyl (C=O) groups is 2. The summed E-state index contributed by atoms with van der Waals surface area (Å²) >= 11 is 1.52. The zero-order valence-corrected chi connectivity index (χ0v) is 18.8.